The quantitative estimate of drug-likeness (QED) is 0.143. The molecule has 6 aromatic rings. The first-order valence-electron chi connectivity index (χ1n) is 19.9. The van der Waals surface area contributed by atoms with Gasteiger partial charge in [-0.05, 0) is 97.4 Å². The predicted molar refractivity (Wildman–Crippen MR) is 230 cm³/mol. The molecule has 0 aliphatic carbocycles. The van der Waals surface area contributed by atoms with Crippen LogP contribution in [0.25, 0.3) is 38.8 Å². The summed E-state index contributed by atoms with van der Waals surface area (Å²) in [7, 11) is 0. The van der Waals surface area contributed by atoms with E-state index in [0.29, 0.717) is 29.9 Å². The first-order valence-corrected chi connectivity index (χ1v) is 19.9. The topological polar surface area (TPSA) is 48.6 Å². The van der Waals surface area contributed by atoms with Crippen molar-refractivity contribution in [3.63, 3.8) is 0 Å². The molecule has 2 aromatic heterocycles. The Labute approximate surface area is 349 Å². The summed E-state index contributed by atoms with van der Waals surface area (Å²) in [5.41, 5.74) is 12.8. The minimum Gasteiger partial charge on any atom is -0.518 e. The first kappa shape index (κ1) is 41.4. The van der Waals surface area contributed by atoms with Crippen LogP contribution in [0.3, 0.4) is 0 Å². The van der Waals surface area contributed by atoms with Crippen molar-refractivity contribution in [2.75, 3.05) is 6.61 Å². The first-order chi connectivity index (χ1) is 25.9. The van der Waals surface area contributed by atoms with Gasteiger partial charge in [-0.25, -0.2) is 4.98 Å². The number of hydrogen-bond donors (Lipinski definition) is 0. The van der Waals surface area contributed by atoms with Gasteiger partial charge in [0.2, 0.25) is 0 Å². The molecular formula is C50H57N3O2Pt. The molecule has 294 valence electrons. The van der Waals surface area contributed by atoms with Crippen LogP contribution in [0.2, 0.25) is 0 Å². The zero-order chi connectivity index (χ0) is 39.6. The summed E-state index contributed by atoms with van der Waals surface area (Å²) in [6.45, 7) is 29.4. The second-order valence-corrected chi connectivity index (χ2v) is 18.1. The summed E-state index contributed by atoms with van der Waals surface area (Å²) >= 11 is 0. The molecule has 0 bridgehead atoms. The minimum absolute atomic E-state index is 0. The van der Waals surface area contributed by atoms with Crippen molar-refractivity contribution < 1.29 is 30.5 Å². The summed E-state index contributed by atoms with van der Waals surface area (Å²) in [6, 6.07) is 29.3. The second kappa shape index (κ2) is 15.3. The van der Waals surface area contributed by atoms with E-state index in [1.54, 1.807) is 0 Å². The van der Waals surface area contributed by atoms with Gasteiger partial charge in [0, 0.05) is 28.5 Å². The zero-order valence-corrected chi connectivity index (χ0v) is 37.8. The van der Waals surface area contributed by atoms with Crippen molar-refractivity contribution >= 4 is 27.8 Å². The Kier molecular flexibility index (Phi) is 11.3. The van der Waals surface area contributed by atoms with Gasteiger partial charge in [0.05, 0.1) is 11.1 Å². The Morgan fingerprint density at radius 2 is 1.46 bits per heavy atom. The van der Waals surface area contributed by atoms with Gasteiger partial charge in [-0.2, -0.15) is 0 Å². The number of fused-ring (bicyclic) bond motifs is 3. The van der Waals surface area contributed by atoms with Crippen molar-refractivity contribution in [2.24, 2.45) is 10.9 Å². The summed E-state index contributed by atoms with van der Waals surface area (Å²) in [5.74, 6) is 2.26. The molecule has 1 aliphatic heterocycles. The molecule has 0 saturated carbocycles. The van der Waals surface area contributed by atoms with Crippen LogP contribution in [0.4, 0.5) is 0 Å². The maximum atomic E-state index is 6.92. The van der Waals surface area contributed by atoms with E-state index >= 15 is 0 Å². The maximum absolute atomic E-state index is 6.92. The molecule has 0 radical (unpaired) electrons. The van der Waals surface area contributed by atoms with E-state index in [0.717, 1.165) is 51.8 Å². The van der Waals surface area contributed by atoms with Crippen molar-refractivity contribution in [1.29, 1.82) is 0 Å². The molecule has 6 heteroatoms. The summed E-state index contributed by atoms with van der Waals surface area (Å²) < 4.78 is 15.6. The van der Waals surface area contributed by atoms with Crippen LogP contribution in [0.15, 0.2) is 71.9 Å². The molecule has 0 fully saturated rings. The second-order valence-electron chi connectivity index (χ2n) is 18.1. The fraction of sp³-hybridized carbons (Fsp3) is 0.400. The molecule has 0 N–H and O–H groups in total. The number of benzene rings is 4. The average molecular weight is 927 g/mol. The maximum Gasteiger partial charge on any atom is 2.00 e. The molecule has 0 amide bonds. The van der Waals surface area contributed by atoms with Crippen LogP contribution >= 0.6 is 0 Å². The summed E-state index contributed by atoms with van der Waals surface area (Å²) in [6.07, 6.45) is 4.00. The van der Waals surface area contributed by atoms with Crippen molar-refractivity contribution in [3.8, 4) is 28.3 Å². The van der Waals surface area contributed by atoms with Crippen molar-refractivity contribution in [2.45, 2.75) is 119 Å². The van der Waals surface area contributed by atoms with Gasteiger partial charge < -0.3 is 14.0 Å². The standard InChI is InChI=1S/C50H57N3O2.Pt/c1-14-36(15-2)50(13)29-54-47(52-50)35-22-34(44-32(5)20-30(3)21-33(44)6)23-40(24-35)55-41-26-38(49(10,11)12)25-39(28-41)53-43-17-16-37(48(7,8)9)27-42(43)45-31(4)18-19-51-46(45)53;/h16-23,25-27,36H,14-15,29H2,1-13H3;/q-2;+2/t50-;/m0./s1. The smallest absolute Gasteiger partial charge is 0.518 e. The molecule has 1 atom stereocenters. The van der Waals surface area contributed by atoms with Gasteiger partial charge in [0.25, 0.3) is 0 Å². The van der Waals surface area contributed by atoms with E-state index in [-0.39, 0.29) is 37.4 Å². The van der Waals surface area contributed by atoms with Crippen LogP contribution < -0.4 is 4.74 Å². The SMILES string of the molecule is CCC(CC)[C@]1(C)COC(c2[c-]c(Oc3[c-]c(-n4c5ccc(C(C)(C)C)cc5c5c(C)ccnc54)cc(C(C)(C)C)c3)cc(-c3c(C)cc(C)cc3C)c2)=N1.[Pt+2]. The Morgan fingerprint density at radius 1 is 0.804 bits per heavy atom. The number of nitrogens with zero attached hydrogens (tertiary/aromatic N) is 3. The molecule has 4 aromatic carbocycles. The molecule has 5 nitrogen and oxygen atoms in total. The van der Waals surface area contributed by atoms with E-state index < -0.39 is 0 Å². The zero-order valence-electron chi connectivity index (χ0n) is 35.5. The average Bonchev–Trinajstić information content (AvgIpc) is 3.66. The molecule has 0 spiro atoms. The number of pyridine rings is 1. The Hall–Kier alpha value is -4.21. The van der Waals surface area contributed by atoms with Crippen LogP contribution in [-0.4, -0.2) is 27.6 Å². The van der Waals surface area contributed by atoms with E-state index in [1.165, 1.54) is 38.8 Å². The summed E-state index contributed by atoms with van der Waals surface area (Å²) in [5, 5.41) is 2.35. The third kappa shape index (κ3) is 7.73. The fourth-order valence-electron chi connectivity index (χ4n) is 8.58. The van der Waals surface area contributed by atoms with Gasteiger partial charge in [0.1, 0.15) is 18.2 Å². The van der Waals surface area contributed by atoms with Gasteiger partial charge in [-0.1, -0.05) is 121 Å². The van der Waals surface area contributed by atoms with Gasteiger partial charge in [0.15, 0.2) is 0 Å². The molecule has 56 heavy (non-hydrogen) atoms. The van der Waals surface area contributed by atoms with Crippen molar-refractivity contribution in [1.82, 2.24) is 9.55 Å². The van der Waals surface area contributed by atoms with Gasteiger partial charge >= 0.3 is 21.1 Å². The monoisotopic (exact) mass is 926 g/mol. The molecule has 7 rings (SSSR count). The van der Waals surface area contributed by atoms with Crippen LogP contribution in [0, 0.1) is 45.7 Å². The summed E-state index contributed by atoms with van der Waals surface area (Å²) in [4.78, 5) is 10.2. The molecular weight excluding hydrogens is 870 g/mol. The van der Waals surface area contributed by atoms with E-state index in [9.17, 15) is 0 Å². The number of hydrogen-bond acceptors (Lipinski definition) is 4. The Balaban J connectivity index is 0.00000532. The third-order valence-electron chi connectivity index (χ3n) is 11.6. The molecule has 3 heterocycles. The number of aromatic nitrogens is 2. The molecule has 0 saturated heterocycles. The van der Waals surface area contributed by atoms with Gasteiger partial charge in [-0.3, -0.25) is 4.99 Å². The Morgan fingerprint density at radius 3 is 2.11 bits per heavy atom. The number of ether oxygens (including phenoxy) is 2. The van der Waals surface area contributed by atoms with Crippen LogP contribution in [-0.2, 0) is 36.6 Å². The fourth-order valence-corrected chi connectivity index (χ4v) is 8.58. The Bertz CT molecular complexity index is 2450. The third-order valence-corrected chi connectivity index (χ3v) is 11.6. The molecule has 1 aliphatic rings. The largest absolute Gasteiger partial charge is 2.00 e. The van der Waals surface area contributed by atoms with E-state index in [1.807, 2.05) is 6.20 Å². The number of aliphatic imine (C=N–C) groups is 1. The van der Waals surface area contributed by atoms with Crippen LogP contribution in [0.5, 0.6) is 11.5 Å². The number of rotatable bonds is 8. The minimum atomic E-state index is -0.286. The number of aryl methyl sites for hydroxylation is 4. The molecule has 0 unspecified atom stereocenters. The van der Waals surface area contributed by atoms with Gasteiger partial charge in [-0.15, -0.1) is 29.8 Å². The van der Waals surface area contributed by atoms with Crippen LogP contribution in [0.1, 0.15) is 114 Å². The van der Waals surface area contributed by atoms with E-state index in [2.05, 4.69) is 167 Å². The normalized spacial score (nSPS) is 16.0. The van der Waals surface area contributed by atoms with E-state index in [4.69, 9.17) is 19.5 Å². The predicted octanol–water partition coefficient (Wildman–Crippen LogP) is 13.0. The van der Waals surface area contributed by atoms with Crippen molar-refractivity contribution in [3.05, 3.63) is 118 Å².